The van der Waals surface area contributed by atoms with Gasteiger partial charge in [0, 0.05) is 16.1 Å². The average molecular weight is 337 g/mol. The van der Waals surface area contributed by atoms with Gasteiger partial charge in [-0.15, -0.1) is 12.4 Å². The van der Waals surface area contributed by atoms with Gasteiger partial charge in [0.1, 0.15) is 11.3 Å². The van der Waals surface area contributed by atoms with Crippen molar-refractivity contribution in [1.29, 1.82) is 0 Å². The summed E-state index contributed by atoms with van der Waals surface area (Å²) in [6, 6.07) is 2.69. The molecule has 1 atom stereocenters. The molecule has 6 heteroatoms. The van der Waals surface area contributed by atoms with Crippen molar-refractivity contribution in [3.8, 4) is 5.75 Å². The maximum Gasteiger partial charge on any atom is 0.339 e. The third-order valence-corrected chi connectivity index (χ3v) is 4.08. The molecule has 0 aromatic heterocycles. The number of rotatable bonds is 3. The first-order valence-electron chi connectivity index (χ1n) is 5.52. The minimum atomic E-state index is -1.14. The lowest BCUT2D eigenvalue weighted by atomic mass is 9.77. The fourth-order valence-electron chi connectivity index (χ4n) is 2.11. The molecule has 0 heterocycles. The Bertz CT molecular complexity index is 463. The standard InChI is InChI=1S/C12H14BrNO3.ClH/c13-8-5-4-7(12(16)17)11(15)9(8)10(14)6-2-1-3-6;/h4-6,10,15H,1-3,14H2,(H,16,17);1H/t10-;/m0./s1. The van der Waals surface area contributed by atoms with Crippen LogP contribution in [-0.4, -0.2) is 16.2 Å². The Kier molecular flexibility index (Phi) is 5.01. The first-order valence-corrected chi connectivity index (χ1v) is 6.32. The zero-order valence-corrected chi connectivity index (χ0v) is 12.0. The number of benzene rings is 1. The Morgan fingerprint density at radius 1 is 1.44 bits per heavy atom. The van der Waals surface area contributed by atoms with E-state index in [0.29, 0.717) is 16.0 Å². The van der Waals surface area contributed by atoms with Crippen LogP contribution in [-0.2, 0) is 0 Å². The second-order valence-corrected chi connectivity index (χ2v) is 5.23. The second-order valence-electron chi connectivity index (χ2n) is 4.38. The van der Waals surface area contributed by atoms with E-state index in [2.05, 4.69) is 15.9 Å². The highest BCUT2D eigenvalue weighted by Gasteiger charge is 2.30. The van der Waals surface area contributed by atoms with Gasteiger partial charge in [-0.1, -0.05) is 22.4 Å². The fraction of sp³-hybridized carbons (Fsp3) is 0.417. The van der Waals surface area contributed by atoms with Gasteiger partial charge in [0.25, 0.3) is 0 Å². The second kappa shape index (κ2) is 5.91. The number of phenols is 1. The lowest BCUT2D eigenvalue weighted by Crippen LogP contribution is -2.27. The number of halogens is 2. The molecular weight excluding hydrogens is 321 g/mol. The van der Waals surface area contributed by atoms with Gasteiger partial charge in [-0.2, -0.15) is 0 Å². The van der Waals surface area contributed by atoms with E-state index in [1.807, 2.05) is 0 Å². The maximum absolute atomic E-state index is 10.9. The molecule has 1 aromatic carbocycles. The monoisotopic (exact) mass is 335 g/mol. The molecule has 4 N–H and O–H groups in total. The summed E-state index contributed by atoms with van der Waals surface area (Å²) < 4.78 is 0.666. The molecule has 1 fully saturated rings. The van der Waals surface area contributed by atoms with E-state index in [-0.39, 0.29) is 29.8 Å². The van der Waals surface area contributed by atoms with Crippen LogP contribution in [0, 0.1) is 5.92 Å². The molecule has 4 nitrogen and oxygen atoms in total. The van der Waals surface area contributed by atoms with Crippen molar-refractivity contribution in [3.05, 3.63) is 27.7 Å². The molecule has 0 spiro atoms. The van der Waals surface area contributed by atoms with Crippen molar-refractivity contribution in [3.63, 3.8) is 0 Å². The summed E-state index contributed by atoms with van der Waals surface area (Å²) in [4.78, 5) is 10.9. The van der Waals surface area contributed by atoms with Gasteiger partial charge < -0.3 is 15.9 Å². The number of aromatic carboxylic acids is 1. The molecular formula is C12H15BrClNO3. The molecule has 1 aliphatic carbocycles. The number of hydrogen-bond acceptors (Lipinski definition) is 3. The van der Waals surface area contributed by atoms with Crippen molar-refractivity contribution >= 4 is 34.3 Å². The van der Waals surface area contributed by atoms with Crippen LogP contribution in [0.25, 0.3) is 0 Å². The molecule has 18 heavy (non-hydrogen) atoms. The van der Waals surface area contributed by atoms with Gasteiger partial charge in [-0.3, -0.25) is 0 Å². The lowest BCUT2D eigenvalue weighted by Gasteiger charge is -2.32. The van der Waals surface area contributed by atoms with E-state index in [9.17, 15) is 9.90 Å². The Balaban J connectivity index is 0.00000162. The number of carboxylic acids is 1. The summed E-state index contributed by atoms with van der Waals surface area (Å²) >= 11 is 3.32. The highest BCUT2D eigenvalue weighted by atomic mass is 79.9. The van der Waals surface area contributed by atoms with Crippen LogP contribution in [0.2, 0.25) is 0 Å². The zero-order chi connectivity index (χ0) is 12.6. The third kappa shape index (κ3) is 2.63. The van der Waals surface area contributed by atoms with Gasteiger partial charge in [0.2, 0.25) is 0 Å². The van der Waals surface area contributed by atoms with E-state index >= 15 is 0 Å². The summed E-state index contributed by atoms with van der Waals surface area (Å²) in [5, 5.41) is 18.9. The largest absolute Gasteiger partial charge is 0.507 e. The number of carboxylic acid groups (broad SMARTS) is 1. The Labute approximate surface area is 120 Å². The van der Waals surface area contributed by atoms with Crippen molar-refractivity contribution < 1.29 is 15.0 Å². The zero-order valence-electron chi connectivity index (χ0n) is 9.60. The molecule has 0 saturated heterocycles. The summed E-state index contributed by atoms with van der Waals surface area (Å²) in [6.07, 6.45) is 3.21. The van der Waals surface area contributed by atoms with E-state index in [1.165, 1.54) is 6.07 Å². The average Bonchev–Trinajstić information content (AvgIpc) is 2.13. The Morgan fingerprint density at radius 2 is 2.06 bits per heavy atom. The smallest absolute Gasteiger partial charge is 0.339 e. The molecule has 0 bridgehead atoms. The van der Waals surface area contributed by atoms with Crippen molar-refractivity contribution in [2.45, 2.75) is 25.3 Å². The highest BCUT2D eigenvalue weighted by molar-refractivity contribution is 9.10. The van der Waals surface area contributed by atoms with E-state index in [1.54, 1.807) is 6.07 Å². The van der Waals surface area contributed by atoms with Gasteiger partial charge in [0.05, 0.1) is 0 Å². The molecule has 2 rings (SSSR count). The van der Waals surface area contributed by atoms with Crippen LogP contribution in [0.15, 0.2) is 16.6 Å². The van der Waals surface area contributed by atoms with Crippen molar-refractivity contribution in [2.24, 2.45) is 11.7 Å². The molecule has 1 aliphatic rings. The number of hydrogen-bond donors (Lipinski definition) is 3. The molecule has 100 valence electrons. The highest BCUT2D eigenvalue weighted by Crippen LogP contribution is 2.42. The summed E-state index contributed by atoms with van der Waals surface area (Å²) in [5.41, 5.74) is 6.50. The lowest BCUT2D eigenvalue weighted by molar-refractivity contribution is 0.0693. The predicted molar refractivity (Wildman–Crippen MR) is 74.3 cm³/mol. The number of carbonyl (C=O) groups is 1. The minimum Gasteiger partial charge on any atom is -0.507 e. The van der Waals surface area contributed by atoms with Gasteiger partial charge in [0.15, 0.2) is 0 Å². The summed E-state index contributed by atoms with van der Waals surface area (Å²) in [5.74, 6) is -1.02. The fourth-order valence-corrected chi connectivity index (χ4v) is 2.69. The third-order valence-electron chi connectivity index (χ3n) is 3.39. The van der Waals surface area contributed by atoms with E-state index in [4.69, 9.17) is 10.8 Å². The maximum atomic E-state index is 10.9. The number of nitrogens with two attached hydrogens (primary N) is 1. The predicted octanol–water partition coefficient (Wildman–Crippen LogP) is 3.07. The van der Waals surface area contributed by atoms with E-state index in [0.717, 1.165) is 19.3 Å². The normalized spacial score (nSPS) is 16.6. The van der Waals surface area contributed by atoms with Crippen LogP contribution in [0.3, 0.4) is 0 Å². The van der Waals surface area contributed by atoms with Crippen LogP contribution in [0.1, 0.15) is 41.2 Å². The molecule has 0 radical (unpaired) electrons. The summed E-state index contributed by atoms with van der Waals surface area (Å²) in [7, 11) is 0. The van der Waals surface area contributed by atoms with Gasteiger partial charge in [-0.05, 0) is 30.9 Å². The van der Waals surface area contributed by atoms with Crippen LogP contribution in [0.5, 0.6) is 5.75 Å². The minimum absolute atomic E-state index is 0. The quantitative estimate of drug-likeness (QED) is 0.792. The van der Waals surface area contributed by atoms with E-state index < -0.39 is 5.97 Å². The topological polar surface area (TPSA) is 83.6 Å². The Morgan fingerprint density at radius 3 is 2.50 bits per heavy atom. The van der Waals surface area contributed by atoms with Crippen molar-refractivity contribution in [1.82, 2.24) is 0 Å². The van der Waals surface area contributed by atoms with Crippen molar-refractivity contribution in [2.75, 3.05) is 0 Å². The SMILES string of the molecule is Cl.N[C@H](c1c(Br)ccc(C(=O)O)c1O)C1CCC1. The Hall–Kier alpha value is -0.780. The number of aromatic hydroxyl groups is 1. The summed E-state index contributed by atoms with van der Waals surface area (Å²) in [6.45, 7) is 0. The molecule has 1 saturated carbocycles. The first-order chi connectivity index (χ1) is 8.02. The molecule has 0 unspecified atom stereocenters. The van der Waals surface area contributed by atoms with Crippen LogP contribution < -0.4 is 5.73 Å². The molecule has 0 amide bonds. The van der Waals surface area contributed by atoms with Gasteiger partial charge in [-0.25, -0.2) is 4.79 Å². The van der Waals surface area contributed by atoms with Crippen LogP contribution >= 0.6 is 28.3 Å². The molecule has 0 aliphatic heterocycles. The van der Waals surface area contributed by atoms with Crippen LogP contribution in [0.4, 0.5) is 0 Å². The first kappa shape index (κ1) is 15.3. The molecule has 1 aromatic rings. The van der Waals surface area contributed by atoms with Gasteiger partial charge >= 0.3 is 5.97 Å².